The summed E-state index contributed by atoms with van der Waals surface area (Å²) in [7, 11) is 0. The van der Waals surface area contributed by atoms with Crippen LogP contribution in [-0.4, -0.2) is 59.4 Å². The maximum absolute atomic E-state index is 5.79. The standard InChI is InChI=1S/C20H21N7O2/c21-19-22-12-14(13-23-19)15-11-18(26-5-8-28-9-6-26)25-20(24-15)27-7-10-29-17-4-2-1-3-16(17)27/h1-4,11-13H,5-10H2,(H2,21,22,23). The van der Waals surface area contributed by atoms with Crippen LogP contribution in [-0.2, 0) is 4.74 Å². The molecule has 4 heterocycles. The minimum atomic E-state index is 0.235. The Kier molecular flexibility index (Phi) is 4.57. The molecule has 2 N–H and O–H groups in total. The Morgan fingerprint density at radius 1 is 0.931 bits per heavy atom. The number of anilines is 4. The Morgan fingerprint density at radius 2 is 1.72 bits per heavy atom. The number of nitrogens with two attached hydrogens (primary N) is 1. The second-order valence-electron chi connectivity index (χ2n) is 6.81. The van der Waals surface area contributed by atoms with Gasteiger partial charge in [0, 0.05) is 37.1 Å². The summed E-state index contributed by atoms with van der Waals surface area (Å²) in [4.78, 5) is 22.2. The normalized spacial score (nSPS) is 16.3. The quantitative estimate of drug-likeness (QED) is 0.717. The second-order valence-corrected chi connectivity index (χ2v) is 6.81. The first-order chi connectivity index (χ1) is 14.3. The van der Waals surface area contributed by atoms with Gasteiger partial charge in [0.25, 0.3) is 0 Å². The molecule has 0 bridgehead atoms. The minimum absolute atomic E-state index is 0.235. The molecule has 2 aliphatic rings. The van der Waals surface area contributed by atoms with Crippen LogP contribution >= 0.6 is 0 Å². The molecule has 5 rings (SSSR count). The number of nitrogen functional groups attached to an aromatic ring is 1. The molecule has 148 valence electrons. The number of hydrogen-bond donors (Lipinski definition) is 1. The smallest absolute Gasteiger partial charge is 0.232 e. The lowest BCUT2D eigenvalue weighted by Gasteiger charge is -2.32. The van der Waals surface area contributed by atoms with Crippen LogP contribution in [0.1, 0.15) is 0 Å². The Morgan fingerprint density at radius 3 is 2.55 bits per heavy atom. The molecule has 0 aliphatic carbocycles. The van der Waals surface area contributed by atoms with Gasteiger partial charge in [0.05, 0.1) is 31.1 Å². The van der Waals surface area contributed by atoms with Crippen LogP contribution in [0.4, 0.5) is 23.4 Å². The lowest BCUT2D eigenvalue weighted by atomic mass is 10.2. The predicted octanol–water partition coefficient (Wildman–Crippen LogP) is 1.88. The zero-order chi connectivity index (χ0) is 19.6. The van der Waals surface area contributed by atoms with Crippen LogP contribution < -0.4 is 20.3 Å². The van der Waals surface area contributed by atoms with Crippen LogP contribution in [0.3, 0.4) is 0 Å². The number of benzene rings is 1. The summed E-state index contributed by atoms with van der Waals surface area (Å²) in [5.41, 5.74) is 8.15. The third-order valence-corrected chi connectivity index (χ3v) is 4.97. The first-order valence-electron chi connectivity index (χ1n) is 9.57. The largest absolute Gasteiger partial charge is 0.490 e. The molecule has 0 amide bonds. The summed E-state index contributed by atoms with van der Waals surface area (Å²) in [5, 5.41) is 0. The highest BCUT2D eigenvalue weighted by Crippen LogP contribution is 2.36. The van der Waals surface area contributed by atoms with Gasteiger partial charge < -0.3 is 25.0 Å². The molecule has 9 nitrogen and oxygen atoms in total. The molecule has 0 spiro atoms. The van der Waals surface area contributed by atoms with Crippen molar-refractivity contribution in [2.75, 3.05) is 55.0 Å². The molecule has 1 fully saturated rings. The van der Waals surface area contributed by atoms with E-state index in [1.165, 1.54) is 0 Å². The van der Waals surface area contributed by atoms with Gasteiger partial charge in [0.2, 0.25) is 11.9 Å². The molecule has 0 saturated carbocycles. The van der Waals surface area contributed by atoms with Crippen LogP contribution in [0, 0.1) is 0 Å². The van der Waals surface area contributed by atoms with E-state index < -0.39 is 0 Å². The van der Waals surface area contributed by atoms with Gasteiger partial charge >= 0.3 is 0 Å². The molecule has 1 aromatic carbocycles. The fraction of sp³-hybridized carbons (Fsp3) is 0.300. The van der Waals surface area contributed by atoms with E-state index in [-0.39, 0.29) is 5.95 Å². The second kappa shape index (κ2) is 7.51. The zero-order valence-electron chi connectivity index (χ0n) is 15.9. The van der Waals surface area contributed by atoms with E-state index in [0.717, 1.165) is 41.6 Å². The molecule has 1 saturated heterocycles. The van der Waals surface area contributed by atoms with Crippen molar-refractivity contribution in [1.82, 2.24) is 19.9 Å². The summed E-state index contributed by atoms with van der Waals surface area (Å²) in [6.07, 6.45) is 3.37. The average molecular weight is 391 g/mol. The van der Waals surface area contributed by atoms with E-state index in [1.807, 2.05) is 30.3 Å². The van der Waals surface area contributed by atoms with Crippen LogP contribution in [0.5, 0.6) is 5.75 Å². The van der Waals surface area contributed by atoms with Crippen molar-refractivity contribution in [3.63, 3.8) is 0 Å². The van der Waals surface area contributed by atoms with Crippen molar-refractivity contribution >= 4 is 23.4 Å². The Bertz CT molecular complexity index is 1010. The van der Waals surface area contributed by atoms with E-state index in [1.54, 1.807) is 12.4 Å². The average Bonchev–Trinajstić information content (AvgIpc) is 2.79. The third kappa shape index (κ3) is 3.52. The zero-order valence-corrected chi connectivity index (χ0v) is 15.9. The molecule has 0 atom stereocenters. The van der Waals surface area contributed by atoms with Gasteiger partial charge in [-0.3, -0.25) is 0 Å². The molecular weight excluding hydrogens is 370 g/mol. The topological polar surface area (TPSA) is 103 Å². The Balaban J connectivity index is 1.61. The Labute approximate surface area is 168 Å². The molecular formula is C20H21N7O2. The van der Waals surface area contributed by atoms with Gasteiger partial charge in [-0.1, -0.05) is 12.1 Å². The van der Waals surface area contributed by atoms with E-state index in [0.29, 0.717) is 32.3 Å². The number of hydrogen-bond acceptors (Lipinski definition) is 9. The van der Waals surface area contributed by atoms with Crippen molar-refractivity contribution in [3.8, 4) is 17.0 Å². The van der Waals surface area contributed by atoms with Crippen molar-refractivity contribution < 1.29 is 9.47 Å². The molecule has 3 aromatic rings. The molecule has 9 heteroatoms. The summed E-state index contributed by atoms with van der Waals surface area (Å²) in [6.45, 7) is 4.17. The lowest BCUT2D eigenvalue weighted by Crippen LogP contribution is -2.37. The van der Waals surface area contributed by atoms with Crippen molar-refractivity contribution in [2.24, 2.45) is 0 Å². The maximum atomic E-state index is 5.79. The highest BCUT2D eigenvalue weighted by atomic mass is 16.5. The number of ether oxygens (including phenoxy) is 2. The molecule has 2 aromatic heterocycles. The fourth-order valence-corrected chi connectivity index (χ4v) is 3.49. The Hall–Kier alpha value is -3.46. The molecule has 2 aliphatic heterocycles. The first-order valence-corrected chi connectivity index (χ1v) is 9.57. The molecule has 0 unspecified atom stereocenters. The van der Waals surface area contributed by atoms with Crippen molar-refractivity contribution in [3.05, 3.63) is 42.7 Å². The number of aromatic nitrogens is 4. The number of para-hydroxylation sites is 2. The van der Waals surface area contributed by atoms with E-state index in [2.05, 4.69) is 19.8 Å². The van der Waals surface area contributed by atoms with Gasteiger partial charge in [-0.25, -0.2) is 15.0 Å². The van der Waals surface area contributed by atoms with Gasteiger partial charge in [0.1, 0.15) is 18.2 Å². The first kappa shape index (κ1) is 17.6. The van der Waals surface area contributed by atoms with Crippen molar-refractivity contribution in [1.29, 1.82) is 0 Å². The monoisotopic (exact) mass is 391 g/mol. The summed E-state index contributed by atoms with van der Waals surface area (Å²) >= 11 is 0. The SMILES string of the molecule is Nc1ncc(-c2cc(N3CCOCC3)nc(N3CCOc4ccccc43)n2)cn1. The molecule has 0 radical (unpaired) electrons. The fourth-order valence-electron chi connectivity index (χ4n) is 3.49. The van der Waals surface area contributed by atoms with E-state index >= 15 is 0 Å². The highest BCUT2D eigenvalue weighted by Gasteiger charge is 2.24. The minimum Gasteiger partial charge on any atom is -0.490 e. The number of nitrogens with zero attached hydrogens (tertiary/aromatic N) is 6. The van der Waals surface area contributed by atoms with Crippen molar-refractivity contribution in [2.45, 2.75) is 0 Å². The van der Waals surface area contributed by atoms with Crippen LogP contribution in [0.25, 0.3) is 11.3 Å². The van der Waals surface area contributed by atoms with Crippen LogP contribution in [0.2, 0.25) is 0 Å². The van der Waals surface area contributed by atoms with Gasteiger partial charge in [-0.15, -0.1) is 0 Å². The lowest BCUT2D eigenvalue weighted by molar-refractivity contribution is 0.122. The number of rotatable bonds is 3. The highest BCUT2D eigenvalue weighted by molar-refractivity contribution is 5.70. The molecule has 29 heavy (non-hydrogen) atoms. The van der Waals surface area contributed by atoms with Gasteiger partial charge in [-0.2, -0.15) is 4.98 Å². The summed E-state index contributed by atoms with van der Waals surface area (Å²) in [6, 6.07) is 9.90. The maximum Gasteiger partial charge on any atom is 0.232 e. The van der Waals surface area contributed by atoms with Gasteiger partial charge in [-0.05, 0) is 12.1 Å². The number of morpholine rings is 1. The van der Waals surface area contributed by atoms with E-state index in [9.17, 15) is 0 Å². The predicted molar refractivity (Wildman–Crippen MR) is 109 cm³/mol. The van der Waals surface area contributed by atoms with Gasteiger partial charge in [0.15, 0.2) is 0 Å². The van der Waals surface area contributed by atoms with E-state index in [4.69, 9.17) is 25.2 Å². The third-order valence-electron chi connectivity index (χ3n) is 4.97. The van der Waals surface area contributed by atoms with Crippen LogP contribution in [0.15, 0.2) is 42.7 Å². The summed E-state index contributed by atoms with van der Waals surface area (Å²) in [5.74, 6) is 2.54. The summed E-state index contributed by atoms with van der Waals surface area (Å²) < 4.78 is 11.3. The number of fused-ring (bicyclic) bond motifs is 1.